The van der Waals surface area contributed by atoms with Crippen LogP contribution in [0.3, 0.4) is 0 Å². The van der Waals surface area contributed by atoms with Crippen LogP contribution in [-0.2, 0) is 14.8 Å². The third-order valence-corrected chi connectivity index (χ3v) is 5.99. The molecule has 2 N–H and O–H groups in total. The van der Waals surface area contributed by atoms with Crippen molar-refractivity contribution in [1.29, 1.82) is 0 Å². The predicted octanol–water partition coefficient (Wildman–Crippen LogP) is 0.113. The molecule has 1 saturated heterocycles. The number of likely N-dealkylation sites (N-methyl/N-ethyl adjacent to an activating group) is 1. The highest BCUT2D eigenvalue weighted by Gasteiger charge is 2.24. The number of morpholine rings is 1. The van der Waals surface area contributed by atoms with Gasteiger partial charge in [0.05, 0.1) is 23.7 Å². The van der Waals surface area contributed by atoms with E-state index in [2.05, 4.69) is 15.5 Å². The molecule has 0 aliphatic carbocycles. The van der Waals surface area contributed by atoms with Crippen molar-refractivity contribution in [2.75, 3.05) is 64.9 Å². The Balaban J connectivity index is 2.33. The summed E-state index contributed by atoms with van der Waals surface area (Å²) in [6.07, 6.45) is 0. The second-order valence-corrected chi connectivity index (χ2v) is 8.33. The molecule has 0 unspecified atom stereocenters. The van der Waals surface area contributed by atoms with Crippen LogP contribution in [0.25, 0.3) is 0 Å². The van der Waals surface area contributed by atoms with E-state index in [1.807, 2.05) is 6.92 Å². The number of nitrogens with one attached hydrogen (secondary N) is 2. The van der Waals surface area contributed by atoms with Gasteiger partial charge in [-0.15, -0.1) is 0 Å². The van der Waals surface area contributed by atoms with Gasteiger partial charge in [-0.05, 0) is 24.7 Å². The number of hydrogen-bond acceptors (Lipinski definition) is 6. The van der Waals surface area contributed by atoms with Gasteiger partial charge in [0.25, 0.3) is 5.91 Å². The predicted molar refractivity (Wildman–Crippen MR) is 101 cm³/mol. The van der Waals surface area contributed by atoms with Crippen LogP contribution in [0.5, 0.6) is 0 Å². The molecule has 8 nitrogen and oxygen atoms in total. The first-order valence-electron chi connectivity index (χ1n) is 8.76. The van der Waals surface area contributed by atoms with E-state index in [9.17, 15) is 13.2 Å². The summed E-state index contributed by atoms with van der Waals surface area (Å²) < 4.78 is 31.4. The smallest absolute Gasteiger partial charge is 0.253 e. The number of rotatable bonds is 8. The van der Waals surface area contributed by atoms with Gasteiger partial charge in [-0.2, -0.15) is 0 Å². The van der Waals surface area contributed by atoms with E-state index in [1.54, 1.807) is 12.1 Å². The molecule has 1 aromatic rings. The molecule has 9 heteroatoms. The summed E-state index contributed by atoms with van der Waals surface area (Å²) in [4.78, 5) is 14.9. The molecule has 1 heterocycles. The Kier molecular flexibility index (Phi) is 7.39. The van der Waals surface area contributed by atoms with Crippen LogP contribution in [0.2, 0.25) is 0 Å². The van der Waals surface area contributed by atoms with E-state index in [1.165, 1.54) is 20.2 Å². The number of nitrogens with zero attached hydrogens (tertiary/aromatic N) is 2. The van der Waals surface area contributed by atoms with Crippen LogP contribution in [-0.4, -0.2) is 78.7 Å². The summed E-state index contributed by atoms with van der Waals surface area (Å²) in [5, 5.41) is 5.99. The second kappa shape index (κ2) is 9.31. The molecule has 1 aliphatic rings. The lowest BCUT2D eigenvalue weighted by Crippen LogP contribution is -2.38. The minimum Gasteiger partial charge on any atom is -0.378 e. The van der Waals surface area contributed by atoms with E-state index in [4.69, 9.17) is 4.74 Å². The maximum absolute atomic E-state index is 12.7. The van der Waals surface area contributed by atoms with Crippen LogP contribution >= 0.6 is 0 Å². The average Bonchev–Trinajstić information content (AvgIpc) is 2.65. The average molecular weight is 385 g/mol. The summed E-state index contributed by atoms with van der Waals surface area (Å²) in [6.45, 7) is 6.44. The first-order chi connectivity index (χ1) is 12.4. The molecule has 2 rings (SSSR count). The topological polar surface area (TPSA) is 91.0 Å². The summed E-state index contributed by atoms with van der Waals surface area (Å²) >= 11 is 0. The molecule has 1 amide bonds. The Morgan fingerprint density at radius 2 is 1.92 bits per heavy atom. The number of amides is 1. The zero-order chi connectivity index (χ0) is 19.2. The molecule has 0 radical (unpaired) electrons. The van der Waals surface area contributed by atoms with Crippen LogP contribution in [0.15, 0.2) is 23.1 Å². The van der Waals surface area contributed by atoms with Gasteiger partial charge in [0, 0.05) is 46.0 Å². The number of benzene rings is 1. The lowest BCUT2D eigenvalue weighted by atomic mass is 10.1. The van der Waals surface area contributed by atoms with E-state index < -0.39 is 10.0 Å². The van der Waals surface area contributed by atoms with Crippen molar-refractivity contribution in [2.45, 2.75) is 11.8 Å². The van der Waals surface area contributed by atoms with Gasteiger partial charge in [0.15, 0.2) is 0 Å². The normalized spacial score (nSPS) is 15.3. The fourth-order valence-corrected chi connectivity index (χ4v) is 3.61. The highest BCUT2D eigenvalue weighted by Crippen LogP contribution is 2.26. The van der Waals surface area contributed by atoms with Gasteiger partial charge in [0.2, 0.25) is 10.0 Å². The van der Waals surface area contributed by atoms with Crippen molar-refractivity contribution >= 4 is 21.6 Å². The van der Waals surface area contributed by atoms with Crippen LogP contribution in [0.1, 0.15) is 17.3 Å². The van der Waals surface area contributed by atoms with Gasteiger partial charge in [-0.3, -0.25) is 4.79 Å². The maximum Gasteiger partial charge on any atom is 0.253 e. The second-order valence-electron chi connectivity index (χ2n) is 6.18. The minimum absolute atomic E-state index is 0.108. The van der Waals surface area contributed by atoms with Gasteiger partial charge < -0.3 is 20.3 Å². The van der Waals surface area contributed by atoms with Crippen molar-refractivity contribution < 1.29 is 17.9 Å². The van der Waals surface area contributed by atoms with E-state index in [0.717, 1.165) is 16.5 Å². The molecule has 0 bridgehead atoms. The first kappa shape index (κ1) is 20.6. The van der Waals surface area contributed by atoms with Crippen LogP contribution in [0.4, 0.5) is 5.69 Å². The van der Waals surface area contributed by atoms with Crippen molar-refractivity contribution in [1.82, 2.24) is 14.9 Å². The molecule has 0 atom stereocenters. The fraction of sp³-hybridized carbons (Fsp3) is 0.588. The van der Waals surface area contributed by atoms with Gasteiger partial charge in [-0.25, -0.2) is 12.7 Å². The van der Waals surface area contributed by atoms with Crippen molar-refractivity contribution in [3.8, 4) is 0 Å². The standard InChI is InChI=1S/C17H28N4O4S/c1-4-18-7-8-19-17(22)15-13-14(26(23,24)20(2)3)5-6-16(15)21-9-11-25-12-10-21/h5-6,13,18H,4,7-12H2,1-3H3,(H,19,22). The number of sulfonamides is 1. The van der Waals surface area contributed by atoms with Gasteiger partial charge in [0.1, 0.15) is 0 Å². The monoisotopic (exact) mass is 384 g/mol. The third kappa shape index (κ3) is 4.94. The Hall–Kier alpha value is -1.68. The SMILES string of the molecule is CCNCCNC(=O)c1cc(S(=O)(=O)N(C)C)ccc1N1CCOCC1. The largest absolute Gasteiger partial charge is 0.378 e. The molecule has 26 heavy (non-hydrogen) atoms. The highest BCUT2D eigenvalue weighted by atomic mass is 32.2. The van der Waals surface area contributed by atoms with Crippen LogP contribution in [0, 0.1) is 0 Å². The molecule has 0 aromatic heterocycles. The summed E-state index contributed by atoms with van der Waals surface area (Å²) in [6, 6.07) is 4.72. The Morgan fingerprint density at radius 3 is 2.54 bits per heavy atom. The molecule has 1 fully saturated rings. The summed E-state index contributed by atoms with van der Waals surface area (Å²) in [5.41, 5.74) is 1.10. The van der Waals surface area contributed by atoms with E-state index in [0.29, 0.717) is 45.0 Å². The molecular formula is C17H28N4O4S. The number of carbonyl (C=O) groups is 1. The van der Waals surface area contributed by atoms with Crippen molar-refractivity contribution in [2.24, 2.45) is 0 Å². The Labute approximate surface area is 155 Å². The zero-order valence-electron chi connectivity index (χ0n) is 15.6. The third-order valence-electron chi connectivity index (χ3n) is 4.18. The first-order valence-corrected chi connectivity index (χ1v) is 10.2. The fourth-order valence-electron chi connectivity index (χ4n) is 2.68. The summed E-state index contributed by atoms with van der Waals surface area (Å²) in [5.74, 6) is -0.278. The lowest BCUT2D eigenvalue weighted by molar-refractivity contribution is 0.0952. The molecule has 146 valence electrons. The number of carbonyl (C=O) groups excluding carboxylic acids is 1. The van der Waals surface area contributed by atoms with Gasteiger partial charge in [-0.1, -0.05) is 6.92 Å². The lowest BCUT2D eigenvalue weighted by Gasteiger charge is -2.30. The van der Waals surface area contributed by atoms with E-state index in [-0.39, 0.29) is 10.8 Å². The number of ether oxygens (including phenoxy) is 1. The number of anilines is 1. The quantitative estimate of drug-likeness (QED) is 0.619. The summed E-state index contributed by atoms with van der Waals surface area (Å²) in [7, 11) is -0.665. The zero-order valence-corrected chi connectivity index (χ0v) is 16.4. The Morgan fingerprint density at radius 1 is 1.23 bits per heavy atom. The van der Waals surface area contributed by atoms with Gasteiger partial charge >= 0.3 is 0 Å². The molecule has 0 spiro atoms. The Bertz CT molecular complexity index is 715. The molecule has 0 saturated carbocycles. The van der Waals surface area contributed by atoms with E-state index >= 15 is 0 Å². The van der Waals surface area contributed by atoms with Crippen LogP contribution < -0.4 is 15.5 Å². The highest BCUT2D eigenvalue weighted by molar-refractivity contribution is 7.89. The minimum atomic E-state index is -3.61. The molecule has 1 aliphatic heterocycles. The molecular weight excluding hydrogens is 356 g/mol. The number of hydrogen-bond donors (Lipinski definition) is 2. The van der Waals surface area contributed by atoms with Crippen molar-refractivity contribution in [3.63, 3.8) is 0 Å². The maximum atomic E-state index is 12.7. The molecule has 1 aromatic carbocycles. The van der Waals surface area contributed by atoms with Crippen molar-refractivity contribution in [3.05, 3.63) is 23.8 Å².